The third-order valence-corrected chi connectivity index (χ3v) is 9.91. The highest BCUT2D eigenvalue weighted by atomic mass is 35.5. The first-order valence-corrected chi connectivity index (χ1v) is 14.8. The molecule has 3 fully saturated rings. The number of hydrogen-bond donors (Lipinski definition) is 1. The summed E-state index contributed by atoms with van der Waals surface area (Å²) in [5, 5.41) is 2.41. The summed E-state index contributed by atoms with van der Waals surface area (Å²) in [5.41, 5.74) is 0.293. The number of alkyl halides is 3. The van der Waals surface area contributed by atoms with Crippen LogP contribution in [0.4, 0.5) is 23.7 Å². The lowest BCUT2D eigenvalue weighted by Crippen LogP contribution is -2.56. The highest BCUT2D eigenvalue weighted by molar-refractivity contribution is 6.31. The van der Waals surface area contributed by atoms with E-state index >= 15 is 0 Å². The van der Waals surface area contributed by atoms with Gasteiger partial charge in [0.05, 0.1) is 24.8 Å². The first-order chi connectivity index (χ1) is 19.6. The third kappa shape index (κ3) is 6.29. The molecule has 3 aliphatic rings. The van der Waals surface area contributed by atoms with Crippen molar-refractivity contribution in [3.8, 4) is 11.5 Å². The van der Waals surface area contributed by atoms with Gasteiger partial charge in [0.15, 0.2) is 11.5 Å². The fraction of sp³-hybridized carbons (Fsp3) is 0.581. The summed E-state index contributed by atoms with van der Waals surface area (Å²) in [4.78, 5) is 18.3. The smallest absolute Gasteiger partial charge is 0.417 e. The Morgan fingerprint density at radius 2 is 1.71 bits per heavy atom. The Bertz CT molecular complexity index is 1260. The Kier molecular flexibility index (Phi) is 10.2. The van der Waals surface area contributed by atoms with Crippen LogP contribution in [0.1, 0.15) is 68.9 Å². The fourth-order valence-electron chi connectivity index (χ4n) is 7.49. The summed E-state index contributed by atoms with van der Waals surface area (Å²) in [5.74, 6) is 1.40. The number of amides is 2. The molecule has 2 amide bonds. The molecule has 2 aromatic carbocycles. The normalized spacial score (nSPS) is 24.8. The van der Waals surface area contributed by atoms with Crippen LogP contribution in [0.25, 0.3) is 0 Å². The van der Waals surface area contributed by atoms with E-state index in [2.05, 4.69) is 29.4 Å². The van der Waals surface area contributed by atoms with Crippen molar-refractivity contribution in [3.63, 3.8) is 0 Å². The van der Waals surface area contributed by atoms with Gasteiger partial charge in [-0.3, -0.25) is 0 Å². The molecular formula is C31H40Cl2F3N3O3. The Labute approximate surface area is 257 Å². The van der Waals surface area contributed by atoms with Crippen molar-refractivity contribution in [2.75, 3.05) is 33.1 Å². The number of benzene rings is 2. The number of nitrogens with one attached hydrogen (secondary N) is 1. The zero-order chi connectivity index (χ0) is 29.4. The fourth-order valence-corrected chi connectivity index (χ4v) is 7.72. The molecule has 0 aromatic heterocycles. The SMILES string of the molecule is COc1ccc([C@@]23CC[C@@H](N(C(=O)Nc4ccc(Cl)c(C(F)(F)F)c4)C4CCCCC4)C[C@@H]2N(C)CC3)cc1OC.Cl. The first-order valence-electron chi connectivity index (χ1n) is 14.5. The van der Waals surface area contributed by atoms with Gasteiger partial charge in [-0.15, -0.1) is 12.4 Å². The maximum absolute atomic E-state index is 13.9. The topological polar surface area (TPSA) is 54.0 Å². The number of carbonyl (C=O) groups is 1. The summed E-state index contributed by atoms with van der Waals surface area (Å²) in [6, 6.07) is 9.66. The lowest BCUT2D eigenvalue weighted by molar-refractivity contribution is -0.137. The predicted molar refractivity (Wildman–Crippen MR) is 161 cm³/mol. The first kappa shape index (κ1) is 32.6. The minimum atomic E-state index is -4.61. The Morgan fingerprint density at radius 1 is 1.00 bits per heavy atom. The van der Waals surface area contributed by atoms with Crippen molar-refractivity contribution in [2.24, 2.45) is 0 Å². The number of anilines is 1. The van der Waals surface area contributed by atoms with Gasteiger partial charge in [-0.05, 0) is 88.0 Å². The third-order valence-electron chi connectivity index (χ3n) is 9.58. The van der Waals surface area contributed by atoms with Crippen molar-refractivity contribution in [1.29, 1.82) is 0 Å². The maximum Gasteiger partial charge on any atom is 0.417 e. The van der Waals surface area contributed by atoms with E-state index in [1.807, 2.05) is 11.0 Å². The molecular weight excluding hydrogens is 590 g/mol. The van der Waals surface area contributed by atoms with E-state index < -0.39 is 11.7 Å². The molecule has 6 nitrogen and oxygen atoms in total. The number of methoxy groups -OCH3 is 2. The van der Waals surface area contributed by atoms with Gasteiger partial charge in [-0.2, -0.15) is 13.2 Å². The molecule has 1 N–H and O–H groups in total. The van der Waals surface area contributed by atoms with Crippen LogP contribution in [0.5, 0.6) is 11.5 Å². The van der Waals surface area contributed by atoms with Crippen LogP contribution in [0.3, 0.4) is 0 Å². The number of nitrogens with zero attached hydrogens (tertiary/aromatic N) is 2. The summed E-state index contributed by atoms with van der Waals surface area (Å²) >= 11 is 5.83. The number of rotatable bonds is 6. The molecule has 0 radical (unpaired) electrons. The van der Waals surface area contributed by atoms with Gasteiger partial charge in [0.1, 0.15) is 0 Å². The average Bonchev–Trinajstić information content (AvgIpc) is 3.30. The number of ether oxygens (including phenoxy) is 2. The summed E-state index contributed by atoms with van der Waals surface area (Å²) in [7, 11) is 5.42. The van der Waals surface area contributed by atoms with E-state index in [0.717, 1.165) is 70.4 Å². The van der Waals surface area contributed by atoms with Crippen LogP contribution in [0.15, 0.2) is 36.4 Å². The van der Waals surface area contributed by atoms with Crippen molar-refractivity contribution < 1.29 is 27.4 Å². The Hall–Kier alpha value is -2.36. The van der Waals surface area contributed by atoms with Gasteiger partial charge in [0.25, 0.3) is 0 Å². The second-order valence-corrected chi connectivity index (χ2v) is 12.1. The van der Waals surface area contributed by atoms with E-state index in [0.29, 0.717) is 11.5 Å². The van der Waals surface area contributed by atoms with E-state index in [4.69, 9.17) is 21.1 Å². The molecule has 5 rings (SSSR count). The monoisotopic (exact) mass is 629 g/mol. The van der Waals surface area contributed by atoms with Crippen LogP contribution in [0, 0.1) is 0 Å². The molecule has 1 aliphatic heterocycles. The molecule has 1 saturated heterocycles. The molecule has 232 valence electrons. The van der Waals surface area contributed by atoms with Crippen LogP contribution in [-0.4, -0.2) is 61.8 Å². The molecule has 2 aromatic rings. The number of halogens is 5. The van der Waals surface area contributed by atoms with E-state index in [1.165, 1.54) is 17.7 Å². The lowest BCUT2D eigenvalue weighted by Gasteiger charge is -2.49. The number of fused-ring (bicyclic) bond motifs is 1. The summed E-state index contributed by atoms with van der Waals surface area (Å²) in [6.07, 6.45) is 3.94. The van der Waals surface area contributed by atoms with Crippen LogP contribution in [0.2, 0.25) is 5.02 Å². The molecule has 0 unspecified atom stereocenters. The van der Waals surface area contributed by atoms with Crippen molar-refractivity contribution in [2.45, 2.75) is 87.5 Å². The minimum Gasteiger partial charge on any atom is -0.493 e. The van der Waals surface area contributed by atoms with Gasteiger partial charge < -0.3 is 24.6 Å². The quantitative estimate of drug-likeness (QED) is 0.350. The highest BCUT2D eigenvalue weighted by Crippen LogP contribution is 2.51. The van der Waals surface area contributed by atoms with Gasteiger partial charge in [0.2, 0.25) is 0 Å². The molecule has 11 heteroatoms. The number of carbonyl (C=O) groups excluding carboxylic acids is 1. The highest BCUT2D eigenvalue weighted by Gasteiger charge is 2.52. The Balaban J connectivity index is 0.00000405. The standard InChI is InChI=1S/C31H39ClF3N3O3.ClH/c1-37-16-15-30(20-9-12-26(40-2)27(17-20)41-3)14-13-23(19-28(30)37)38(22-7-5-4-6-8-22)29(39)36-21-10-11-25(32)24(18-21)31(33,34)35;/h9-12,17-18,22-23,28H,4-8,13-16,19H2,1-3H3,(H,36,39);1H/t23-,28+,30+;/m1./s1. The molecule has 2 aliphatic carbocycles. The van der Waals surface area contributed by atoms with Crippen LogP contribution in [-0.2, 0) is 11.6 Å². The molecule has 0 bridgehead atoms. The van der Waals surface area contributed by atoms with Crippen molar-refractivity contribution >= 4 is 35.7 Å². The lowest BCUT2D eigenvalue weighted by atomic mass is 9.64. The van der Waals surface area contributed by atoms with E-state index in [1.54, 1.807) is 14.2 Å². The number of hydrogen-bond acceptors (Lipinski definition) is 4. The van der Waals surface area contributed by atoms with Crippen LogP contribution >= 0.6 is 24.0 Å². The second kappa shape index (κ2) is 13.1. The summed E-state index contributed by atoms with van der Waals surface area (Å²) < 4.78 is 51.6. The van der Waals surface area contributed by atoms with Crippen molar-refractivity contribution in [1.82, 2.24) is 9.80 Å². The largest absolute Gasteiger partial charge is 0.493 e. The van der Waals surface area contributed by atoms with Crippen molar-refractivity contribution in [3.05, 3.63) is 52.5 Å². The second-order valence-electron chi connectivity index (χ2n) is 11.7. The summed E-state index contributed by atoms with van der Waals surface area (Å²) in [6.45, 7) is 0.951. The number of urea groups is 1. The zero-order valence-electron chi connectivity index (χ0n) is 24.3. The zero-order valence-corrected chi connectivity index (χ0v) is 25.9. The predicted octanol–water partition coefficient (Wildman–Crippen LogP) is 8.16. The number of likely N-dealkylation sites (N-methyl/N-ethyl adjacent to an activating group) is 1. The molecule has 0 spiro atoms. The minimum absolute atomic E-state index is 0. The maximum atomic E-state index is 13.9. The molecule has 3 atom stereocenters. The van der Waals surface area contributed by atoms with Gasteiger partial charge in [-0.25, -0.2) is 4.79 Å². The molecule has 1 heterocycles. The number of likely N-dealkylation sites (tertiary alicyclic amines) is 1. The molecule has 2 saturated carbocycles. The van der Waals surface area contributed by atoms with E-state index in [-0.39, 0.29) is 52.7 Å². The van der Waals surface area contributed by atoms with Gasteiger partial charge in [-0.1, -0.05) is 36.9 Å². The van der Waals surface area contributed by atoms with Gasteiger partial charge in [0, 0.05) is 29.2 Å². The van der Waals surface area contributed by atoms with Gasteiger partial charge >= 0.3 is 12.2 Å². The van der Waals surface area contributed by atoms with Crippen LogP contribution < -0.4 is 14.8 Å². The molecule has 42 heavy (non-hydrogen) atoms. The average molecular weight is 631 g/mol. The van der Waals surface area contributed by atoms with E-state index in [9.17, 15) is 18.0 Å². The Morgan fingerprint density at radius 3 is 2.38 bits per heavy atom.